The number of fused-ring (bicyclic) bond motifs is 1. The molecule has 5 rings (SSSR count). The number of nitrogens with one attached hydrogen (secondary N) is 1. The number of aromatic amines is 1. The minimum Gasteiger partial charge on any atom is -0.493 e. The number of rotatable bonds is 3. The molecule has 1 N–H and O–H groups in total. The summed E-state index contributed by atoms with van der Waals surface area (Å²) in [6, 6.07) is 6.30. The van der Waals surface area contributed by atoms with E-state index in [9.17, 15) is 13.6 Å². The van der Waals surface area contributed by atoms with Gasteiger partial charge in [-0.1, -0.05) is 18.9 Å². The van der Waals surface area contributed by atoms with Gasteiger partial charge >= 0.3 is 0 Å². The smallest absolute Gasteiger partial charge is 0.200 e. The molecule has 1 unspecified atom stereocenters. The molecule has 2 aliphatic rings. The van der Waals surface area contributed by atoms with E-state index in [-0.39, 0.29) is 28.4 Å². The predicted molar refractivity (Wildman–Crippen MR) is 116 cm³/mol. The number of hydrogen-bond donors (Lipinski definition) is 1. The summed E-state index contributed by atoms with van der Waals surface area (Å²) in [4.78, 5) is 20.2. The fourth-order valence-electron chi connectivity index (χ4n) is 6.01. The summed E-state index contributed by atoms with van der Waals surface area (Å²) < 4.78 is 33.9. The summed E-state index contributed by atoms with van der Waals surface area (Å²) in [6.07, 6.45) is 10.8. The standard InChI is InChI=1S/C25H26F2N2O2/c1-31-24-16(4-5-19(26)23(24)27)17-13-25(8-2-3-9-25)10-6-15(17)21-12-22(30)18-14-28-11-7-20(18)29-21/h4-5,7,11-12,14-15,17H,2-3,6,8-10,13H2,1H3,(H,29,30)/t15-,17?/m0/s1. The summed E-state index contributed by atoms with van der Waals surface area (Å²) in [5.74, 6) is -1.93. The second-order valence-electron chi connectivity index (χ2n) is 9.16. The lowest BCUT2D eigenvalue weighted by atomic mass is 9.61. The van der Waals surface area contributed by atoms with E-state index in [0.29, 0.717) is 10.9 Å². The van der Waals surface area contributed by atoms with Gasteiger partial charge in [-0.05, 0) is 55.6 Å². The maximum atomic E-state index is 14.6. The van der Waals surface area contributed by atoms with Gasteiger partial charge in [-0.25, -0.2) is 4.39 Å². The van der Waals surface area contributed by atoms with E-state index >= 15 is 0 Å². The third-order valence-electron chi connectivity index (χ3n) is 7.52. The van der Waals surface area contributed by atoms with Crippen LogP contribution in [-0.4, -0.2) is 17.1 Å². The number of aromatic nitrogens is 2. The molecule has 31 heavy (non-hydrogen) atoms. The summed E-state index contributed by atoms with van der Waals surface area (Å²) in [5, 5.41) is 0.552. The van der Waals surface area contributed by atoms with Gasteiger partial charge in [-0.2, -0.15) is 4.39 Å². The van der Waals surface area contributed by atoms with Crippen LogP contribution < -0.4 is 10.2 Å². The molecule has 0 aliphatic heterocycles. The first-order valence-corrected chi connectivity index (χ1v) is 11.0. The number of nitrogens with zero attached hydrogens (tertiary/aromatic N) is 1. The van der Waals surface area contributed by atoms with Gasteiger partial charge in [0.25, 0.3) is 0 Å². The van der Waals surface area contributed by atoms with E-state index in [1.807, 2.05) is 0 Å². The van der Waals surface area contributed by atoms with Crippen molar-refractivity contribution in [2.75, 3.05) is 7.11 Å². The molecule has 2 aliphatic carbocycles. The largest absolute Gasteiger partial charge is 0.493 e. The fourth-order valence-corrected chi connectivity index (χ4v) is 6.01. The van der Waals surface area contributed by atoms with Crippen LogP contribution >= 0.6 is 0 Å². The zero-order chi connectivity index (χ0) is 21.6. The Kier molecular flexibility index (Phi) is 5.03. The van der Waals surface area contributed by atoms with Crippen molar-refractivity contribution in [2.24, 2.45) is 5.41 Å². The molecule has 0 amide bonds. The van der Waals surface area contributed by atoms with Crippen molar-refractivity contribution in [1.82, 2.24) is 9.97 Å². The molecule has 0 radical (unpaired) electrons. The van der Waals surface area contributed by atoms with Gasteiger partial charge in [0.2, 0.25) is 5.82 Å². The van der Waals surface area contributed by atoms with Crippen molar-refractivity contribution < 1.29 is 13.5 Å². The quantitative estimate of drug-likeness (QED) is 0.576. The van der Waals surface area contributed by atoms with E-state index < -0.39 is 11.6 Å². The molecule has 0 bridgehead atoms. The Balaban J connectivity index is 1.64. The first-order chi connectivity index (χ1) is 15.0. The Hall–Kier alpha value is -2.76. The van der Waals surface area contributed by atoms with Crippen LogP contribution in [-0.2, 0) is 0 Å². The minimum absolute atomic E-state index is 0.00440. The number of halogens is 2. The van der Waals surface area contributed by atoms with Crippen LogP contribution in [0.15, 0.2) is 41.5 Å². The molecule has 6 heteroatoms. The van der Waals surface area contributed by atoms with Gasteiger partial charge in [-0.15, -0.1) is 0 Å². The summed E-state index contributed by atoms with van der Waals surface area (Å²) in [6.45, 7) is 0. The topological polar surface area (TPSA) is 55.0 Å². The van der Waals surface area contributed by atoms with E-state index in [1.165, 1.54) is 38.9 Å². The van der Waals surface area contributed by atoms with Crippen LogP contribution in [0, 0.1) is 17.0 Å². The minimum atomic E-state index is -0.942. The lowest BCUT2D eigenvalue weighted by Crippen LogP contribution is -2.31. The second kappa shape index (κ2) is 7.74. The van der Waals surface area contributed by atoms with Gasteiger partial charge in [0.1, 0.15) is 0 Å². The first kappa shape index (κ1) is 20.2. The average Bonchev–Trinajstić information content (AvgIpc) is 3.23. The molecule has 2 aromatic heterocycles. The molecule has 4 nitrogen and oxygen atoms in total. The Bertz CT molecular complexity index is 1180. The van der Waals surface area contributed by atoms with E-state index in [1.54, 1.807) is 30.6 Å². The highest BCUT2D eigenvalue weighted by Crippen LogP contribution is 2.58. The van der Waals surface area contributed by atoms with Crippen molar-refractivity contribution in [3.05, 3.63) is 69.8 Å². The van der Waals surface area contributed by atoms with E-state index in [0.717, 1.165) is 30.5 Å². The van der Waals surface area contributed by atoms with E-state index in [2.05, 4.69) is 9.97 Å². The molecule has 0 saturated heterocycles. The van der Waals surface area contributed by atoms with Gasteiger partial charge < -0.3 is 9.72 Å². The third-order valence-corrected chi connectivity index (χ3v) is 7.52. The lowest BCUT2D eigenvalue weighted by Gasteiger charge is -2.43. The SMILES string of the molecule is COc1c(C2CC3(CCCC3)CC[C@@H]2c2cc(=O)c3cnccc3[nH]2)ccc(F)c1F. The average molecular weight is 424 g/mol. The first-order valence-electron chi connectivity index (χ1n) is 11.0. The number of pyridine rings is 2. The predicted octanol–water partition coefficient (Wildman–Crippen LogP) is 5.82. The second-order valence-corrected chi connectivity index (χ2v) is 9.16. The third kappa shape index (κ3) is 3.42. The normalized spacial score (nSPS) is 22.8. The molecule has 2 saturated carbocycles. The summed E-state index contributed by atoms with van der Waals surface area (Å²) in [5.41, 5.74) is 2.43. The van der Waals surface area contributed by atoms with Crippen molar-refractivity contribution in [3.8, 4) is 5.75 Å². The van der Waals surface area contributed by atoms with E-state index in [4.69, 9.17) is 4.74 Å². The van der Waals surface area contributed by atoms with Crippen molar-refractivity contribution in [2.45, 2.75) is 56.8 Å². The zero-order valence-corrected chi connectivity index (χ0v) is 17.6. The highest BCUT2D eigenvalue weighted by molar-refractivity contribution is 5.77. The van der Waals surface area contributed by atoms with Crippen molar-refractivity contribution >= 4 is 10.9 Å². The molecule has 1 aromatic carbocycles. The fraction of sp³-hybridized carbons (Fsp3) is 0.440. The highest BCUT2D eigenvalue weighted by Gasteiger charge is 2.44. The molecule has 2 heterocycles. The summed E-state index contributed by atoms with van der Waals surface area (Å²) >= 11 is 0. The highest BCUT2D eigenvalue weighted by atomic mass is 19.2. The van der Waals surface area contributed by atoms with Crippen molar-refractivity contribution in [1.29, 1.82) is 0 Å². The maximum absolute atomic E-state index is 14.6. The number of methoxy groups -OCH3 is 1. The molecule has 1 spiro atoms. The molecule has 162 valence electrons. The van der Waals surface area contributed by atoms with Gasteiger partial charge in [0, 0.05) is 35.6 Å². The maximum Gasteiger partial charge on any atom is 0.200 e. The number of H-pyrrole nitrogens is 1. The number of hydrogen-bond acceptors (Lipinski definition) is 3. The van der Waals surface area contributed by atoms with Gasteiger partial charge in [0.05, 0.1) is 18.0 Å². The van der Waals surface area contributed by atoms with Crippen LogP contribution in [0.25, 0.3) is 10.9 Å². The molecular formula is C25H26F2N2O2. The Labute approximate surface area is 179 Å². The number of ether oxygens (including phenoxy) is 1. The van der Waals surface area contributed by atoms with Crippen LogP contribution in [0.5, 0.6) is 5.75 Å². The lowest BCUT2D eigenvalue weighted by molar-refractivity contribution is 0.155. The Morgan fingerprint density at radius 3 is 2.71 bits per heavy atom. The van der Waals surface area contributed by atoms with Crippen LogP contribution in [0.4, 0.5) is 8.78 Å². The van der Waals surface area contributed by atoms with Crippen LogP contribution in [0.3, 0.4) is 0 Å². The van der Waals surface area contributed by atoms with Crippen LogP contribution in [0.2, 0.25) is 0 Å². The monoisotopic (exact) mass is 424 g/mol. The van der Waals surface area contributed by atoms with Gasteiger partial charge in [-0.3, -0.25) is 9.78 Å². The Morgan fingerprint density at radius 2 is 1.94 bits per heavy atom. The summed E-state index contributed by atoms with van der Waals surface area (Å²) in [7, 11) is 1.38. The molecule has 3 aromatic rings. The molecule has 2 fully saturated rings. The van der Waals surface area contributed by atoms with Gasteiger partial charge in [0.15, 0.2) is 17.0 Å². The number of benzene rings is 1. The van der Waals surface area contributed by atoms with Crippen LogP contribution in [0.1, 0.15) is 68.0 Å². The van der Waals surface area contributed by atoms with Crippen molar-refractivity contribution in [3.63, 3.8) is 0 Å². The molecular weight excluding hydrogens is 398 g/mol. The zero-order valence-electron chi connectivity index (χ0n) is 17.6. The molecule has 2 atom stereocenters. The Morgan fingerprint density at radius 1 is 1.13 bits per heavy atom.